The summed E-state index contributed by atoms with van der Waals surface area (Å²) in [6.07, 6.45) is 1.14. The molecule has 0 saturated heterocycles. The maximum atomic E-state index is 13.7. The van der Waals surface area contributed by atoms with Gasteiger partial charge in [0.15, 0.2) is 0 Å². The van der Waals surface area contributed by atoms with Crippen molar-refractivity contribution < 1.29 is 14.6 Å². The van der Waals surface area contributed by atoms with Crippen molar-refractivity contribution in [2.45, 2.75) is 18.6 Å². The van der Waals surface area contributed by atoms with E-state index in [2.05, 4.69) is 11.8 Å². The fourth-order valence-electron chi connectivity index (χ4n) is 1.31. The second-order valence-electron chi connectivity index (χ2n) is 3.71. The van der Waals surface area contributed by atoms with E-state index in [1.807, 2.05) is 0 Å². The topological polar surface area (TPSA) is 40.5 Å². The molecule has 0 aliphatic heterocycles. The van der Waals surface area contributed by atoms with E-state index in [1.165, 1.54) is 6.07 Å². The van der Waals surface area contributed by atoms with Crippen molar-refractivity contribution in [3.05, 3.63) is 35.1 Å². The standard InChI is InChI=1S/C14H17FO2S/c15-14-10-12(4-1-2-7-16)5-6-13(14)11-18-9-3-8-17/h5-6,10,16-17H,2-3,7-9,11H2. The number of aliphatic hydroxyl groups is 2. The summed E-state index contributed by atoms with van der Waals surface area (Å²) < 4.78 is 13.7. The van der Waals surface area contributed by atoms with Crippen LogP contribution in [0.3, 0.4) is 0 Å². The maximum Gasteiger partial charge on any atom is 0.128 e. The lowest BCUT2D eigenvalue weighted by molar-refractivity contribution is 0.296. The molecule has 0 fully saturated rings. The van der Waals surface area contributed by atoms with Crippen molar-refractivity contribution in [1.82, 2.24) is 0 Å². The number of benzene rings is 1. The summed E-state index contributed by atoms with van der Waals surface area (Å²) in [4.78, 5) is 0. The van der Waals surface area contributed by atoms with Gasteiger partial charge in [0.2, 0.25) is 0 Å². The second-order valence-corrected chi connectivity index (χ2v) is 4.82. The number of thioether (sulfide) groups is 1. The van der Waals surface area contributed by atoms with E-state index in [1.54, 1.807) is 23.9 Å². The first-order valence-electron chi connectivity index (χ1n) is 5.84. The average molecular weight is 268 g/mol. The van der Waals surface area contributed by atoms with Crippen molar-refractivity contribution in [3.8, 4) is 11.8 Å². The first-order valence-corrected chi connectivity index (χ1v) is 7.00. The predicted molar refractivity (Wildman–Crippen MR) is 72.8 cm³/mol. The molecule has 0 bridgehead atoms. The first kappa shape index (κ1) is 15.0. The van der Waals surface area contributed by atoms with Gasteiger partial charge < -0.3 is 10.2 Å². The number of aliphatic hydroxyl groups excluding tert-OH is 2. The highest BCUT2D eigenvalue weighted by Gasteiger charge is 2.02. The van der Waals surface area contributed by atoms with Crippen LogP contribution in [0.15, 0.2) is 18.2 Å². The second kappa shape index (κ2) is 8.98. The van der Waals surface area contributed by atoms with E-state index in [0.717, 1.165) is 12.2 Å². The van der Waals surface area contributed by atoms with Gasteiger partial charge in [0.05, 0.1) is 6.61 Å². The molecule has 2 N–H and O–H groups in total. The third kappa shape index (κ3) is 5.54. The summed E-state index contributed by atoms with van der Waals surface area (Å²) in [5, 5.41) is 17.2. The third-order valence-corrected chi connectivity index (χ3v) is 3.32. The van der Waals surface area contributed by atoms with Gasteiger partial charge in [0, 0.05) is 24.3 Å². The Hall–Kier alpha value is -1.02. The molecule has 1 rings (SSSR count). The molecule has 0 radical (unpaired) electrons. The minimum atomic E-state index is -0.248. The van der Waals surface area contributed by atoms with Gasteiger partial charge in [-0.25, -0.2) is 4.39 Å². The number of rotatable bonds is 6. The van der Waals surface area contributed by atoms with Crippen LogP contribution in [-0.2, 0) is 5.75 Å². The fourth-order valence-corrected chi connectivity index (χ4v) is 2.24. The predicted octanol–water partition coefficient (Wildman–Crippen LogP) is 2.18. The van der Waals surface area contributed by atoms with Gasteiger partial charge in [0.1, 0.15) is 5.82 Å². The van der Waals surface area contributed by atoms with Crippen molar-refractivity contribution in [2.75, 3.05) is 19.0 Å². The van der Waals surface area contributed by atoms with E-state index in [-0.39, 0.29) is 19.0 Å². The monoisotopic (exact) mass is 268 g/mol. The zero-order chi connectivity index (χ0) is 13.2. The summed E-state index contributed by atoms with van der Waals surface area (Å²) in [7, 11) is 0. The molecule has 0 amide bonds. The Labute approximate surface area is 111 Å². The molecule has 0 unspecified atom stereocenters. The highest BCUT2D eigenvalue weighted by atomic mass is 32.2. The summed E-state index contributed by atoms with van der Waals surface area (Å²) >= 11 is 1.60. The van der Waals surface area contributed by atoms with Gasteiger partial charge in [0.25, 0.3) is 0 Å². The maximum absolute atomic E-state index is 13.7. The number of halogens is 1. The third-order valence-electron chi connectivity index (χ3n) is 2.23. The van der Waals surface area contributed by atoms with E-state index < -0.39 is 0 Å². The molecule has 0 saturated carbocycles. The Morgan fingerprint density at radius 3 is 2.72 bits per heavy atom. The molecule has 0 aliphatic carbocycles. The van der Waals surface area contributed by atoms with Crippen LogP contribution < -0.4 is 0 Å². The van der Waals surface area contributed by atoms with Gasteiger partial charge in [-0.3, -0.25) is 0 Å². The Morgan fingerprint density at radius 2 is 2.06 bits per heavy atom. The van der Waals surface area contributed by atoms with Crippen LogP contribution in [0, 0.1) is 17.7 Å². The van der Waals surface area contributed by atoms with Crippen molar-refractivity contribution in [2.24, 2.45) is 0 Å². The zero-order valence-corrected chi connectivity index (χ0v) is 11.0. The van der Waals surface area contributed by atoms with Gasteiger partial charge in [-0.2, -0.15) is 11.8 Å². The highest BCUT2D eigenvalue weighted by molar-refractivity contribution is 7.98. The van der Waals surface area contributed by atoms with Crippen LogP contribution in [0.2, 0.25) is 0 Å². The SMILES string of the molecule is OCCC#Cc1ccc(CSCCCO)c(F)c1. The van der Waals surface area contributed by atoms with E-state index in [4.69, 9.17) is 10.2 Å². The molecule has 0 aliphatic rings. The van der Waals surface area contributed by atoms with Crippen molar-refractivity contribution >= 4 is 11.8 Å². The summed E-state index contributed by atoms with van der Waals surface area (Å²) in [6.45, 7) is 0.198. The van der Waals surface area contributed by atoms with Gasteiger partial charge in [-0.15, -0.1) is 0 Å². The molecule has 4 heteroatoms. The molecule has 18 heavy (non-hydrogen) atoms. The Morgan fingerprint density at radius 1 is 1.22 bits per heavy atom. The molecule has 0 atom stereocenters. The van der Waals surface area contributed by atoms with Gasteiger partial charge in [-0.05, 0) is 29.9 Å². The molecule has 0 spiro atoms. The first-order chi connectivity index (χ1) is 8.77. The minimum absolute atomic E-state index is 0.0229. The molecular weight excluding hydrogens is 251 g/mol. The fraction of sp³-hybridized carbons (Fsp3) is 0.429. The van der Waals surface area contributed by atoms with Crippen LogP contribution in [-0.4, -0.2) is 29.2 Å². The smallest absolute Gasteiger partial charge is 0.128 e. The van der Waals surface area contributed by atoms with Crippen LogP contribution in [0.4, 0.5) is 4.39 Å². The molecule has 0 heterocycles. The van der Waals surface area contributed by atoms with Crippen LogP contribution in [0.25, 0.3) is 0 Å². The Kier molecular flexibility index (Phi) is 7.51. The molecule has 0 aromatic heterocycles. The minimum Gasteiger partial charge on any atom is -0.396 e. The van der Waals surface area contributed by atoms with Crippen molar-refractivity contribution in [3.63, 3.8) is 0 Å². The highest BCUT2D eigenvalue weighted by Crippen LogP contribution is 2.17. The van der Waals surface area contributed by atoms with Crippen LogP contribution in [0.1, 0.15) is 24.0 Å². The quantitative estimate of drug-likeness (QED) is 0.613. The van der Waals surface area contributed by atoms with Gasteiger partial charge in [-0.1, -0.05) is 17.9 Å². The lowest BCUT2D eigenvalue weighted by Crippen LogP contribution is -1.91. The van der Waals surface area contributed by atoms with E-state index >= 15 is 0 Å². The number of hydrogen-bond donors (Lipinski definition) is 2. The summed E-state index contributed by atoms with van der Waals surface area (Å²) in [6, 6.07) is 4.95. The molecule has 1 aromatic rings. The molecule has 2 nitrogen and oxygen atoms in total. The lowest BCUT2D eigenvalue weighted by Gasteiger charge is -2.03. The van der Waals surface area contributed by atoms with E-state index in [9.17, 15) is 4.39 Å². The lowest BCUT2D eigenvalue weighted by atomic mass is 10.1. The van der Waals surface area contributed by atoms with Crippen LogP contribution in [0.5, 0.6) is 0 Å². The molecule has 98 valence electrons. The Balaban J connectivity index is 2.54. The zero-order valence-electron chi connectivity index (χ0n) is 10.2. The summed E-state index contributed by atoms with van der Waals surface area (Å²) in [5.74, 6) is 6.75. The van der Waals surface area contributed by atoms with E-state index in [0.29, 0.717) is 23.3 Å². The van der Waals surface area contributed by atoms with Crippen molar-refractivity contribution in [1.29, 1.82) is 0 Å². The molecule has 1 aromatic carbocycles. The largest absolute Gasteiger partial charge is 0.396 e. The number of hydrogen-bond acceptors (Lipinski definition) is 3. The van der Waals surface area contributed by atoms with Crippen LogP contribution >= 0.6 is 11.8 Å². The average Bonchev–Trinajstić information content (AvgIpc) is 2.37. The Bertz CT molecular complexity index is 424. The normalized spacial score (nSPS) is 9.94. The summed E-state index contributed by atoms with van der Waals surface area (Å²) in [5.41, 5.74) is 1.29. The molecular formula is C14H17FO2S. The van der Waals surface area contributed by atoms with Gasteiger partial charge >= 0.3 is 0 Å².